The van der Waals surface area contributed by atoms with Gasteiger partial charge in [0.25, 0.3) is 5.56 Å². The van der Waals surface area contributed by atoms with Crippen LogP contribution >= 0.6 is 0 Å². The molecule has 0 atom stereocenters. The van der Waals surface area contributed by atoms with Crippen molar-refractivity contribution in [3.63, 3.8) is 0 Å². The third kappa shape index (κ3) is 1.52. The van der Waals surface area contributed by atoms with Gasteiger partial charge in [-0.25, -0.2) is 9.49 Å². The fourth-order valence-corrected chi connectivity index (χ4v) is 1.05. The zero-order valence-corrected chi connectivity index (χ0v) is 7.07. The molecule has 14 heavy (non-hydrogen) atoms. The van der Waals surface area contributed by atoms with E-state index < -0.39 is 5.82 Å². The first kappa shape index (κ1) is 8.55. The quantitative estimate of drug-likeness (QED) is 0.730. The number of rotatable bonds is 1. The maximum atomic E-state index is 13.2. The highest BCUT2D eigenvalue weighted by atomic mass is 19.1. The molecule has 2 aromatic rings. The zero-order valence-electron chi connectivity index (χ0n) is 7.07. The lowest BCUT2D eigenvalue weighted by Gasteiger charge is -1.98. The molecule has 0 spiro atoms. The lowest BCUT2D eigenvalue weighted by molar-refractivity contribution is 0.624. The summed E-state index contributed by atoms with van der Waals surface area (Å²) in [4.78, 5) is 14.5. The van der Waals surface area contributed by atoms with Crippen LogP contribution in [0.15, 0.2) is 35.3 Å². The molecule has 0 amide bonds. The van der Waals surface area contributed by atoms with Crippen molar-refractivity contribution in [3.8, 4) is 11.4 Å². The van der Waals surface area contributed by atoms with Crippen LogP contribution in [0.4, 0.5) is 4.39 Å². The summed E-state index contributed by atoms with van der Waals surface area (Å²) in [6, 6.07) is 5.47. The number of aromatic nitrogens is 3. The molecule has 0 fully saturated rings. The molecule has 0 radical (unpaired) electrons. The maximum Gasteiger partial charge on any atom is 0.264 e. The molecule has 0 unspecified atom stereocenters. The van der Waals surface area contributed by atoms with Gasteiger partial charge in [-0.3, -0.25) is 9.78 Å². The third-order valence-electron chi connectivity index (χ3n) is 1.68. The highest BCUT2D eigenvalue weighted by Gasteiger charge is 2.06. The van der Waals surface area contributed by atoms with Gasteiger partial charge in [-0.05, 0) is 18.2 Å². The number of nitrogens with zero attached hydrogens (tertiary/aromatic N) is 2. The van der Waals surface area contributed by atoms with E-state index in [0.29, 0.717) is 5.69 Å². The van der Waals surface area contributed by atoms with Crippen molar-refractivity contribution >= 4 is 0 Å². The number of halogens is 1. The highest BCUT2D eigenvalue weighted by molar-refractivity contribution is 5.53. The second kappa shape index (κ2) is 3.37. The van der Waals surface area contributed by atoms with E-state index in [4.69, 9.17) is 0 Å². The molecular weight excluding hydrogens is 185 g/mol. The number of hydrogen-bond donors (Lipinski definition) is 1. The van der Waals surface area contributed by atoms with Crippen LogP contribution in [0.5, 0.6) is 0 Å². The number of H-pyrrole nitrogens is 1. The minimum Gasteiger partial charge on any atom is -0.268 e. The predicted molar refractivity (Wildman–Crippen MR) is 48.0 cm³/mol. The van der Waals surface area contributed by atoms with E-state index in [1.54, 1.807) is 0 Å². The van der Waals surface area contributed by atoms with E-state index in [0.717, 1.165) is 0 Å². The summed E-state index contributed by atoms with van der Waals surface area (Å²) < 4.78 is 13.2. The van der Waals surface area contributed by atoms with Crippen molar-refractivity contribution < 1.29 is 4.39 Å². The molecule has 2 heterocycles. The monoisotopic (exact) mass is 191 g/mol. The Hall–Kier alpha value is -2.04. The Morgan fingerprint density at radius 1 is 1.29 bits per heavy atom. The van der Waals surface area contributed by atoms with Crippen LogP contribution in [-0.2, 0) is 0 Å². The molecule has 4 nitrogen and oxygen atoms in total. The lowest BCUT2D eigenvalue weighted by atomic mass is 10.2. The van der Waals surface area contributed by atoms with Gasteiger partial charge in [0.1, 0.15) is 11.4 Å². The Kier molecular flexibility index (Phi) is 2.06. The largest absolute Gasteiger partial charge is 0.268 e. The molecule has 0 saturated heterocycles. The van der Waals surface area contributed by atoms with Crippen molar-refractivity contribution in [2.75, 3.05) is 0 Å². The molecule has 0 saturated carbocycles. The van der Waals surface area contributed by atoms with Gasteiger partial charge in [0.2, 0.25) is 0 Å². The summed E-state index contributed by atoms with van der Waals surface area (Å²) in [7, 11) is 0. The van der Waals surface area contributed by atoms with Gasteiger partial charge in [0.15, 0.2) is 5.82 Å². The maximum absolute atomic E-state index is 13.2. The molecule has 0 bridgehead atoms. The summed E-state index contributed by atoms with van der Waals surface area (Å²) in [5.41, 5.74) is 0.108. The van der Waals surface area contributed by atoms with Crippen LogP contribution < -0.4 is 5.56 Å². The lowest BCUT2D eigenvalue weighted by Crippen LogP contribution is -2.06. The van der Waals surface area contributed by atoms with E-state index in [9.17, 15) is 9.18 Å². The molecule has 5 heteroatoms. The van der Waals surface area contributed by atoms with Crippen LogP contribution in [-0.4, -0.2) is 15.2 Å². The minimum absolute atomic E-state index is 0.128. The topological polar surface area (TPSA) is 58.6 Å². The summed E-state index contributed by atoms with van der Waals surface area (Å²) in [6.45, 7) is 0. The molecule has 2 rings (SSSR count). The summed E-state index contributed by atoms with van der Waals surface area (Å²) in [5, 5.41) is 5.88. The van der Waals surface area contributed by atoms with Gasteiger partial charge in [0.05, 0.1) is 0 Å². The number of nitrogens with one attached hydrogen (secondary N) is 1. The van der Waals surface area contributed by atoms with Crippen LogP contribution in [0.1, 0.15) is 0 Å². The third-order valence-corrected chi connectivity index (χ3v) is 1.68. The molecule has 70 valence electrons. The highest BCUT2D eigenvalue weighted by Crippen LogP contribution is 2.14. The first-order valence-electron chi connectivity index (χ1n) is 3.94. The van der Waals surface area contributed by atoms with Gasteiger partial charge in [-0.15, -0.1) is 0 Å². The molecular formula is C9H6FN3O. The molecule has 2 aromatic heterocycles. The van der Waals surface area contributed by atoms with Gasteiger partial charge in [-0.1, -0.05) is 0 Å². The first-order valence-corrected chi connectivity index (χ1v) is 3.94. The predicted octanol–water partition coefficient (Wildman–Crippen LogP) is 0.971. The molecule has 0 aliphatic carbocycles. The van der Waals surface area contributed by atoms with Gasteiger partial charge < -0.3 is 0 Å². The van der Waals surface area contributed by atoms with Gasteiger partial charge in [-0.2, -0.15) is 5.10 Å². The Morgan fingerprint density at radius 3 is 2.79 bits per heavy atom. The Labute approximate surface area is 78.4 Å². The van der Waals surface area contributed by atoms with Crippen LogP contribution in [0.2, 0.25) is 0 Å². The first-order chi connectivity index (χ1) is 6.77. The second-order valence-corrected chi connectivity index (χ2v) is 2.64. The van der Waals surface area contributed by atoms with Crippen LogP contribution in [0.3, 0.4) is 0 Å². The standard InChI is InChI=1S/C9H6FN3O/c10-6-2-1-5-11-9(6)7-3-4-8(14)13-12-7/h1-5H,(H,13,14). The average molecular weight is 191 g/mol. The fraction of sp³-hybridized carbons (Fsp3) is 0. The fourth-order valence-electron chi connectivity index (χ4n) is 1.05. The smallest absolute Gasteiger partial charge is 0.264 e. The summed E-state index contributed by atoms with van der Waals surface area (Å²) >= 11 is 0. The van der Waals surface area contributed by atoms with Crippen LogP contribution in [0.25, 0.3) is 11.4 Å². The molecule has 0 aliphatic rings. The number of aromatic amines is 1. The molecule has 1 N–H and O–H groups in total. The Morgan fingerprint density at radius 2 is 2.14 bits per heavy atom. The van der Waals surface area contributed by atoms with Crippen LogP contribution in [0, 0.1) is 5.82 Å². The Bertz CT molecular complexity index is 489. The zero-order chi connectivity index (χ0) is 9.97. The minimum atomic E-state index is -0.466. The SMILES string of the molecule is O=c1ccc(-c2ncccc2F)n[nH]1. The van der Waals surface area contributed by atoms with E-state index >= 15 is 0 Å². The van der Waals surface area contributed by atoms with Crippen molar-refractivity contribution in [2.24, 2.45) is 0 Å². The summed E-state index contributed by atoms with van der Waals surface area (Å²) in [6.07, 6.45) is 1.46. The van der Waals surface area contributed by atoms with E-state index in [1.165, 1.54) is 30.5 Å². The average Bonchev–Trinajstić information content (AvgIpc) is 2.20. The molecule has 0 aliphatic heterocycles. The van der Waals surface area contributed by atoms with Gasteiger partial charge >= 0.3 is 0 Å². The second-order valence-electron chi connectivity index (χ2n) is 2.64. The van der Waals surface area contributed by atoms with E-state index in [1.807, 2.05) is 0 Å². The van der Waals surface area contributed by atoms with Gasteiger partial charge in [0, 0.05) is 12.3 Å². The number of pyridine rings is 1. The van der Waals surface area contributed by atoms with Crippen molar-refractivity contribution in [1.82, 2.24) is 15.2 Å². The van der Waals surface area contributed by atoms with Crippen molar-refractivity contribution in [2.45, 2.75) is 0 Å². The number of hydrogen-bond acceptors (Lipinski definition) is 3. The van der Waals surface area contributed by atoms with Crippen molar-refractivity contribution in [3.05, 3.63) is 46.6 Å². The van der Waals surface area contributed by atoms with E-state index in [2.05, 4.69) is 15.2 Å². The summed E-state index contributed by atoms with van der Waals surface area (Å²) in [5.74, 6) is -0.466. The molecule has 0 aromatic carbocycles. The normalized spacial score (nSPS) is 10.1. The Balaban J connectivity index is 2.55. The van der Waals surface area contributed by atoms with Crippen molar-refractivity contribution in [1.29, 1.82) is 0 Å². The van der Waals surface area contributed by atoms with E-state index in [-0.39, 0.29) is 11.3 Å².